The van der Waals surface area contributed by atoms with Crippen molar-refractivity contribution in [1.29, 1.82) is 0 Å². The van der Waals surface area contributed by atoms with Crippen LogP contribution < -0.4 is 16.0 Å². The number of rotatable bonds is 6. The lowest BCUT2D eigenvalue weighted by atomic mass is 10.2. The lowest BCUT2D eigenvalue weighted by molar-refractivity contribution is -0.115. The Hall–Kier alpha value is -2.89. The van der Waals surface area contributed by atoms with Gasteiger partial charge in [-0.1, -0.05) is 30.3 Å². The summed E-state index contributed by atoms with van der Waals surface area (Å²) in [5.41, 5.74) is 1.51. The van der Waals surface area contributed by atoms with Crippen molar-refractivity contribution in [2.45, 2.75) is 13.5 Å². The third-order valence-electron chi connectivity index (χ3n) is 3.13. The van der Waals surface area contributed by atoms with Crippen LogP contribution in [0.25, 0.3) is 0 Å². The molecule has 0 atom stereocenters. The summed E-state index contributed by atoms with van der Waals surface area (Å²) >= 11 is 0. The highest BCUT2D eigenvalue weighted by atomic mass is 19.1. The zero-order chi connectivity index (χ0) is 17.2. The number of aliphatic imine (C=N–C) groups is 1. The molecule has 0 aliphatic heterocycles. The maximum Gasteiger partial charge on any atom is 0.243 e. The summed E-state index contributed by atoms with van der Waals surface area (Å²) in [6.07, 6.45) is 0. The lowest BCUT2D eigenvalue weighted by Crippen LogP contribution is -2.41. The van der Waals surface area contributed by atoms with Gasteiger partial charge in [-0.3, -0.25) is 4.79 Å². The number of hydrogen-bond donors (Lipinski definition) is 3. The highest BCUT2D eigenvalue weighted by molar-refractivity contribution is 5.94. The van der Waals surface area contributed by atoms with Crippen LogP contribution in [0, 0.1) is 5.82 Å². The largest absolute Gasteiger partial charge is 0.357 e. The van der Waals surface area contributed by atoms with E-state index in [1.807, 2.05) is 37.3 Å². The van der Waals surface area contributed by atoms with Crippen molar-refractivity contribution in [2.75, 3.05) is 18.4 Å². The second kappa shape index (κ2) is 9.29. The van der Waals surface area contributed by atoms with Gasteiger partial charge in [-0.2, -0.15) is 0 Å². The maximum absolute atomic E-state index is 13.2. The van der Waals surface area contributed by atoms with E-state index < -0.39 is 0 Å². The van der Waals surface area contributed by atoms with Gasteiger partial charge in [0, 0.05) is 12.2 Å². The first-order valence-electron chi connectivity index (χ1n) is 7.79. The van der Waals surface area contributed by atoms with E-state index in [1.54, 1.807) is 12.1 Å². The van der Waals surface area contributed by atoms with E-state index in [0.717, 1.165) is 11.3 Å². The van der Waals surface area contributed by atoms with Crippen LogP contribution in [0.1, 0.15) is 12.5 Å². The number of halogens is 1. The van der Waals surface area contributed by atoms with Crippen molar-refractivity contribution in [3.63, 3.8) is 0 Å². The molecule has 1 amide bonds. The summed E-state index contributed by atoms with van der Waals surface area (Å²) < 4.78 is 13.2. The Morgan fingerprint density at radius 1 is 1.08 bits per heavy atom. The van der Waals surface area contributed by atoms with Gasteiger partial charge in [-0.05, 0) is 36.8 Å². The van der Waals surface area contributed by atoms with E-state index in [0.29, 0.717) is 19.0 Å². The molecule has 5 nitrogen and oxygen atoms in total. The molecule has 0 aliphatic carbocycles. The molecule has 0 radical (unpaired) electrons. The van der Waals surface area contributed by atoms with Crippen molar-refractivity contribution >= 4 is 17.6 Å². The fraction of sp³-hybridized carbons (Fsp3) is 0.222. The highest BCUT2D eigenvalue weighted by Crippen LogP contribution is 2.05. The number of nitrogens with one attached hydrogen (secondary N) is 3. The van der Waals surface area contributed by atoms with E-state index >= 15 is 0 Å². The van der Waals surface area contributed by atoms with Crippen LogP contribution in [0.15, 0.2) is 59.6 Å². The number of hydrogen-bond acceptors (Lipinski definition) is 2. The molecule has 126 valence electrons. The average molecular weight is 328 g/mol. The summed E-state index contributed by atoms with van der Waals surface area (Å²) in [5, 5.41) is 8.80. The van der Waals surface area contributed by atoms with Crippen LogP contribution in [-0.2, 0) is 11.3 Å². The highest BCUT2D eigenvalue weighted by Gasteiger charge is 2.04. The second-order valence-corrected chi connectivity index (χ2v) is 5.09. The fourth-order valence-corrected chi connectivity index (χ4v) is 2.04. The summed E-state index contributed by atoms with van der Waals surface area (Å²) in [7, 11) is 0. The van der Waals surface area contributed by atoms with Crippen LogP contribution in [0.3, 0.4) is 0 Å². The van der Waals surface area contributed by atoms with Gasteiger partial charge in [0.1, 0.15) is 5.82 Å². The molecule has 0 unspecified atom stereocenters. The van der Waals surface area contributed by atoms with E-state index in [9.17, 15) is 9.18 Å². The number of carbonyl (C=O) groups is 1. The number of nitrogens with zero attached hydrogens (tertiary/aromatic N) is 1. The topological polar surface area (TPSA) is 65.5 Å². The number of anilines is 1. The molecular formula is C18H21FN4O. The smallest absolute Gasteiger partial charge is 0.243 e. The molecule has 2 aromatic rings. The third-order valence-corrected chi connectivity index (χ3v) is 3.13. The predicted molar refractivity (Wildman–Crippen MR) is 94.3 cm³/mol. The Morgan fingerprint density at radius 3 is 2.58 bits per heavy atom. The third kappa shape index (κ3) is 6.08. The Kier molecular flexibility index (Phi) is 6.76. The molecule has 0 bridgehead atoms. The van der Waals surface area contributed by atoms with Crippen molar-refractivity contribution in [3.05, 3.63) is 66.0 Å². The summed E-state index contributed by atoms with van der Waals surface area (Å²) in [5.74, 6) is 0.0467. The van der Waals surface area contributed by atoms with Gasteiger partial charge in [0.15, 0.2) is 5.96 Å². The quantitative estimate of drug-likeness (QED) is 0.564. The number of benzene rings is 2. The predicted octanol–water partition coefficient (Wildman–Crippen LogP) is 2.52. The van der Waals surface area contributed by atoms with Gasteiger partial charge in [0.25, 0.3) is 0 Å². The summed E-state index contributed by atoms with van der Waals surface area (Å²) in [6.45, 7) is 3.01. The van der Waals surface area contributed by atoms with Crippen LogP contribution in [0.4, 0.5) is 10.1 Å². The SMILES string of the molecule is CCNC(=NCc1cccc(F)c1)NCC(=O)Nc1ccccc1. The lowest BCUT2D eigenvalue weighted by Gasteiger charge is -2.11. The molecule has 3 N–H and O–H groups in total. The average Bonchev–Trinajstić information content (AvgIpc) is 2.58. The van der Waals surface area contributed by atoms with Gasteiger partial charge >= 0.3 is 0 Å². The number of para-hydroxylation sites is 1. The summed E-state index contributed by atoms with van der Waals surface area (Å²) in [4.78, 5) is 16.3. The first-order valence-corrected chi connectivity index (χ1v) is 7.79. The van der Waals surface area contributed by atoms with Crippen molar-refractivity contribution < 1.29 is 9.18 Å². The van der Waals surface area contributed by atoms with E-state index in [2.05, 4.69) is 20.9 Å². The van der Waals surface area contributed by atoms with Crippen LogP contribution in [0.5, 0.6) is 0 Å². The van der Waals surface area contributed by atoms with E-state index in [1.165, 1.54) is 12.1 Å². The molecule has 0 aliphatic rings. The Labute approximate surface area is 141 Å². The van der Waals surface area contributed by atoms with Crippen molar-refractivity contribution in [1.82, 2.24) is 10.6 Å². The minimum atomic E-state index is -0.289. The van der Waals surface area contributed by atoms with Crippen molar-refractivity contribution in [3.8, 4) is 0 Å². The minimum Gasteiger partial charge on any atom is -0.357 e. The normalized spacial score (nSPS) is 11.0. The first kappa shape index (κ1) is 17.5. The zero-order valence-corrected chi connectivity index (χ0v) is 13.6. The zero-order valence-electron chi connectivity index (χ0n) is 13.6. The fourth-order valence-electron chi connectivity index (χ4n) is 2.04. The van der Waals surface area contributed by atoms with Gasteiger partial charge < -0.3 is 16.0 Å². The van der Waals surface area contributed by atoms with E-state index in [4.69, 9.17) is 0 Å². The molecule has 0 saturated carbocycles. The minimum absolute atomic E-state index is 0.0872. The molecule has 24 heavy (non-hydrogen) atoms. The first-order chi connectivity index (χ1) is 11.7. The van der Waals surface area contributed by atoms with E-state index in [-0.39, 0.29) is 18.3 Å². The van der Waals surface area contributed by atoms with Crippen LogP contribution in [-0.4, -0.2) is 25.0 Å². The number of guanidine groups is 1. The standard InChI is InChI=1S/C18H21FN4O/c1-2-20-18(21-12-14-7-6-8-15(19)11-14)22-13-17(24)23-16-9-4-3-5-10-16/h3-11H,2,12-13H2,1H3,(H,23,24)(H2,20,21,22). The number of carbonyl (C=O) groups excluding carboxylic acids is 1. The van der Waals surface area contributed by atoms with Crippen LogP contribution >= 0.6 is 0 Å². The van der Waals surface area contributed by atoms with Gasteiger partial charge in [-0.15, -0.1) is 0 Å². The molecule has 0 heterocycles. The molecule has 0 spiro atoms. The molecule has 0 fully saturated rings. The maximum atomic E-state index is 13.2. The molecule has 6 heteroatoms. The molecule has 0 saturated heterocycles. The number of amides is 1. The molecule has 2 rings (SSSR count). The Morgan fingerprint density at radius 2 is 1.88 bits per heavy atom. The van der Waals surface area contributed by atoms with Gasteiger partial charge in [0.05, 0.1) is 13.1 Å². The molecular weight excluding hydrogens is 307 g/mol. The van der Waals surface area contributed by atoms with Crippen LogP contribution in [0.2, 0.25) is 0 Å². The molecule has 2 aromatic carbocycles. The Bertz CT molecular complexity index is 688. The second-order valence-electron chi connectivity index (χ2n) is 5.09. The van der Waals surface area contributed by atoms with Gasteiger partial charge in [0.2, 0.25) is 5.91 Å². The van der Waals surface area contributed by atoms with Gasteiger partial charge in [-0.25, -0.2) is 9.38 Å². The van der Waals surface area contributed by atoms with Crippen molar-refractivity contribution in [2.24, 2.45) is 4.99 Å². The summed E-state index contributed by atoms with van der Waals surface area (Å²) in [6, 6.07) is 15.5. The monoisotopic (exact) mass is 328 g/mol. The molecule has 0 aromatic heterocycles. The Balaban J connectivity index is 1.88.